The third-order valence-corrected chi connectivity index (χ3v) is 3.08. The molecule has 1 aromatic carbocycles. The highest BCUT2D eigenvalue weighted by molar-refractivity contribution is 14.0. The number of nitrogens with zero attached hydrogens (tertiary/aromatic N) is 1. The highest BCUT2D eigenvalue weighted by atomic mass is 127. The zero-order chi connectivity index (χ0) is 16.9. The molecule has 7 nitrogen and oxygen atoms in total. The van der Waals surface area contributed by atoms with Crippen LogP contribution in [0.25, 0.3) is 0 Å². The van der Waals surface area contributed by atoms with Crippen molar-refractivity contribution >= 4 is 35.8 Å². The number of hydrogen-bond donors (Lipinski definition) is 3. The molecule has 3 N–H and O–H groups in total. The van der Waals surface area contributed by atoms with Gasteiger partial charge in [-0.05, 0) is 24.6 Å². The number of amides is 1. The van der Waals surface area contributed by atoms with Crippen LogP contribution < -0.4 is 20.7 Å². The second-order valence-electron chi connectivity index (χ2n) is 4.76. The van der Waals surface area contributed by atoms with Crippen LogP contribution >= 0.6 is 24.0 Å². The highest BCUT2D eigenvalue weighted by Crippen LogP contribution is 2.11. The molecule has 136 valence electrons. The monoisotopic (exact) mass is 450 g/mol. The van der Waals surface area contributed by atoms with Crippen LogP contribution in [0.4, 0.5) is 0 Å². The first-order valence-electron chi connectivity index (χ1n) is 7.57. The van der Waals surface area contributed by atoms with Gasteiger partial charge in [-0.25, -0.2) is 0 Å². The van der Waals surface area contributed by atoms with E-state index in [0.29, 0.717) is 37.0 Å². The van der Waals surface area contributed by atoms with E-state index in [2.05, 4.69) is 20.9 Å². The molecule has 0 radical (unpaired) electrons. The van der Waals surface area contributed by atoms with E-state index in [1.807, 2.05) is 0 Å². The largest absolute Gasteiger partial charge is 0.497 e. The van der Waals surface area contributed by atoms with E-state index in [-0.39, 0.29) is 29.9 Å². The van der Waals surface area contributed by atoms with Crippen LogP contribution in [0.2, 0.25) is 0 Å². The maximum Gasteiger partial charge on any atom is 0.251 e. The lowest BCUT2D eigenvalue weighted by molar-refractivity contribution is 0.0954. The number of halogens is 1. The first-order valence-corrected chi connectivity index (χ1v) is 7.57. The molecule has 8 heteroatoms. The number of nitrogens with one attached hydrogen (secondary N) is 3. The van der Waals surface area contributed by atoms with Crippen molar-refractivity contribution < 1.29 is 14.3 Å². The van der Waals surface area contributed by atoms with Gasteiger partial charge in [0.1, 0.15) is 5.75 Å². The van der Waals surface area contributed by atoms with Crippen LogP contribution in [-0.2, 0) is 4.74 Å². The summed E-state index contributed by atoms with van der Waals surface area (Å²) in [5, 5.41) is 9.15. The van der Waals surface area contributed by atoms with Gasteiger partial charge in [-0.3, -0.25) is 9.79 Å². The van der Waals surface area contributed by atoms with Gasteiger partial charge in [0, 0.05) is 46.0 Å². The predicted octanol–water partition coefficient (Wildman–Crippen LogP) is 1.24. The van der Waals surface area contributed by atoms with Crippen LogP contribution in [0.3, 0.4) is 0 Å². The van der Waals surface area contributed by atoms with E-state index in [1.54, 1.807) is 45.5 Å². The Labute approximate surface area is 160 Å². The molecule has 24 heavy (non-hydrogen) atoms. The van der Waals surface area contributed by atoms with Crippen molar-refractivity contribution in [1.82, 2.24) is 16.0 Å². The zero-order valence-corrected chi connectivity index (χ0v) is 16.8. The fourth-order valence-electron chi connectivity index (χ4n) is 1.87. The van der Waals surface area contributed by atoms with Gasteiger partial charge in [-0.1, -0.05) is 6.07 Å². The second-order valence-corrected chi connectivity index (χ2v) is 4.76. The fourth-order valence-corrected chi connectivity index (χ4v) is 1.87. The lowest BCUT2D eigenvalue weighted by atomic mass is 10.2. The molecule has 0 aliphatic rings. The quantitative estimate of drug-likeness (QED) is 0.228. The average molecular weight is 450 g/mol. The van der Waals surface area contributed by atoms with Gasteiger partial charge in [0.25, 0.3) is 5.91 Å². The molecule has 1 aromatic rings. The Morgan fingerprint density at radius 2 is 1.83 bits per heavy atom. The van der Waals surface area contributed by atoms with Crippen LogP contribution in [0.5, 0.6) is 5.75 Å². The fraction of sp³-hybridized carbons (Fsp3) is 0.500. The minimum absolute atomic E-state index is 0. The van der Waals surface area contributed by atoms with Crippen molar-refractivity contribution in [1.29, 1.82) is 0 Å². The molecule has 0 saturated carbocycles. The summed E-state index contributed by atoms with van der Waals surface area (Å²) in [5.41, 5.74) is 0.575. The molecule has 0 saturated heterocycles. The highest BCUT2D eigenvalue weighted by Gasteiger charge is 2.05. The first-order chi connectivity index (χ1) is 11.2. The molecule has 0 bridgehead atoms. The summed E-state index contributed by atoms with van der Waals surface area (Å²) in [6.45, 7) is 2.57. The molecule has 0 spiro atoms. The van der Waals surface area contributed by atoms with Crippen molar-refractivity contribution in [2.75, 3.05) is 47.5 Å². The maximum atomic E-state index is 12.0. The van der Waals surface area contributed by atoms with Crippen molar-refractivity contribution in [2.45, 2.75) is 6.42 Å². The van der Waals surface area contributed by atoms with Crippen LogP contribution in [-0.4, -0.2) is 59.4 Å². The summed E-state index contributed by atoms with van der Waals surface area (Å²) in [6.07, 6.45) is 0.907. The minimum atomic E-state index is -0.131. The Bertz CT molecular complexity index is 512. The van der Waals surface area contributed by atoms with Crippen molar-refractivity contribution in [3.05, 3.63) is 29.8 Å². The van der Waals surface area contributed by atoms with E-state index in [4.69, 9.17) is 9.47 Å². The Morgan fingerprint density at radius 1 is 1.12 bits per heavy atom. The van der Waals surface area contributed by atoms with Crippen molar-refractivity contribution in [3.8, 4) is 5.75 Å². The lowest BCUT2D eigenvalue weighted by Crippen LogP contribution is -2.42. The Hall–Kier alpha value is -1.55. The maximum absolute atomic E-state index is 12.0. The van der Waals surface area contributed by atoms with Crippen molar-refractivity contribution in [3.63, 3.8) is 0 Å². The lowest BCUT2D eigenvalue weighted by Gasteiger charge is -2.12. The topological polar surface area (TPSA) is 84.0 Å². The molecule has 0 fully saturated rings. The van der Waals surface area contributed by atoms with E-state index in [0.717, 1.165) is 13.0 Å². The first kappa shape index (κ1) is 22.4. The van der Waals surface area contributed by atoms with Gasteiger partial charge in [0.05, 0.1) is 7.11 Å². The summed E-state index contributed by atoms with van der Waals surface area (Å²) < 4.78 is 10.1. The molecule has 0 aromatic heterocycles. The number of ether oxygens (including phenoxy) is 2. The number of carbonyl (C=O) groups is 1. The SMILES string of the molecule is CN=C(NCCCOC)NCCNC(=O)c1cccc(OC)c1.I. The second kappa shape index (κ2) is 13.8. The molecule has 0 unspecified atom stereocenters. The molecule has 1 rings (SSSR count). The van der Waals surface area contributed by atoms with Gasteiger partial charge in [0.2, 0.25) is 0 Å². The molecule has 0 heterocycles. The molecule has 0 atom stereocenters. The van der Waals surface area contributed by atoms with Gasteiger partial charge >= 0.3 is 0 Å². The predicted molar refractivity (Wildman–Crippen MR) is 107 cm³/mol. The van der Waals surface area contributed by atoms with Crippen molar-refractivity contribution in [2.24, 2.45) is 4.99 Å². The number of hydrogen-bond acceptors (Lipinski definition) is 4. The standard InChI is InChI=1S/C16H26N4O3.HI/c1-17-16(19-8-5-11-22-2)20-10-9-18-15(21)13-6-4-7-14(12-13)23-3;/h4,6-7,12H,5,8-11H2,1-3H3,(H,18,21)(H2,17,19,20);1H. The van der Waals surface area contributed by atoms with E-state index < -0.39 is 0 Å². The smallest absolute Gasteiger partial charge is 0.251 e. The number of methoxy groups -OCH3 is 2. The minimum Gasteiger partial charge on any atom is -0.497 e. The molecular weight excluding hydrogens is 423 g/mol. The summed E-state index contributed by atoms with van der Waals surface area (Å²) in [7, 11) is 4.96. The number of aliphatic imine (C=N–C) groups is 1. The summed E-state index contributed by atoms with van der Waals surface area (Å²) >= 11 is 0. The Balaban J connectivity index is 0.00000529. The number of rotatable bonds is 9. The van der Waals surface area contributed by atoms with Gasteiger partial charge in [0.15, 0.2) is 5.96 Å². The van der Waals surface area contributed by atoms with E-state index in [9.17, 15) is 4.79 Å². The van der Waals surface area contributed by atoms with Gasteiger partial charge in [-0.2, -0.15) is 0 Å². The number of benzene rings is 1. The van der Waals surface area contributed by atoms with Crippen LogP contribution in [0.1, 0.15) is 16.8 Å². The normalized spacial score (nSPS) is 10.5. The van der Waals surface area contributed by atoms with Gasteiger partial charge < -0.3 is 25.4 Å². The molecule has 0 aliphatic heterocycles. The number of guanidine groups is 1. The zero-order valence-electron chi connectivity index (χ0n) is 14.4. The van der Waals surface area contributed by atoms with Crippen LogP contribution in [0.15, 0.2) is 29.3 Å². The Morgan fingerprint density at radius 3 is 2.50 bits per heavy atom. The third-order valence-electron chi connectivity index (χ3n) is 3.08. The summed E-state index contributed by atoms with van der Waals surface area (Å²) in [6, 6.07) is 7.05. The molecular formula is C16H27IN4O3. The summed E-state index contributed by atoms with van der Waals surface area (Å²) in [4.78, 5) is 16.1. The third kappa shape index (κ3) is 8.92. The van der Waals surface area contributed by atoms with Crippen LogP contribution in [0, 0.1) is 0 Å². The van der Waals surface area contributed by atoms with Gasteiger partial charge in [-0.15, -0.1) is 24.0 Å². The average Bonchev–Trinajstić information content (AvgIpc) is 2.60. The molecule has 0 aliphatic carbocycles. The molecule has 1 amide bonds. The number of carbonyl (C=O) groups excluding carboxylic acids is 1. The van der Waals surface area contributed by atoms with E-state index in [1.165, 1.54) is 0 Å². The Kier molecular flexibility index (Phi) is 13.0. The van der Waals surface area contributed by atoms with E-state index >= 15 is 0 Å². The summed E-state index contributed by atoms with van der Waals surface area (Å²) in [5.74, 6) is 1.24.